The topological polar surface area (TPSA) is 47.6 Å². The highest BCUT2D eigenvalue weighted by Gasteiger charge is 2.20. The average molecular weight is 226 g/mol. The van der Waals surface area contributed by atoms with Crippen LogP contribution in [0.4, 0.5) is 0 Å². The van der Waals surface area contributed by atoms with Gasteiger partial charge in [0.25, 0.3) is 0 Å². The summed E-state index contributed by atoms with van der Waals surface area (Å²) in [6.45, 7) is 8.31. The Balaban J connectivity index is 3.47. The summed E-state index contributed by atoms with van der Waals surface area (Å²) >= 11 is 0. The summed E-state index contributed by atoms with van der Waals surface area (Å²) in [4.78, 5) is 0. The molecule has 0 aromatic heterocycles. The molecule has 0 amide bonds. The SMILES string of the molecule is CCc1cc(C#N)c(C(C)(C)C)cc1CC#N. The van der Waals surface area contributed by atoms with Crippen LogP contribution in [0.15, 0.2) is 12.1 Å². The molecule has 0 fully saturated rings. The molecule has 17 heavy (non-hydrogen) atoms. The Morgan fingerprint density at radius 3 is 2.18 bits per heavy atom. The number of nitriles is 2. The third kappa shape index (κ3) is 2.86. The highest BCUT2D eigenvalue weighted by molar-refractivity contribution is 5.48. The predicted molar refractivity (Wildman–Crippen MR) is 68.6 cm³/mol. The van der Waals surface area contributed by atoms with Gasteiger partial charge in [-0.05, 0) is 34.6 Å². The average Bonchev–Trinajstić information content (AvgIpc) is 2.27. The van der Waals surface area contributed by atoms with Gasteiger partial charge in [0.2, 0.25) is 0 Å². The second-order valence-electron chi connectivity index (χ2n) is 5.22. The summed E-state index contributed by atoms with van der Waals surface area (Å²) in [7, 11) is 0. The second kappa shape index (κ2) is 5.02. The largest absolute Gasteiger partial charge is 0.198 e. The van der Waals surface area contributed by atoms with E-state index in [-0.39, 0.29) is 5.41 Å². The maximum Gasteiger partial charge on any atom is 0.0994 e. The van der Waals surface area contributed by atoms with Crippen molar-refractivity contribution >= 4 is 0 Å². The maximum absolute atomic E-state index is 9.21. The van der Waals surface area contributed by atoms with Crippen molar-refractivity contribution < 1.29 is 0 Å². The van der Waals surface area contributed by atoms with E-state index < -0.39 is 0 Å². The van der Waals surface area contributed by atoms with E-state index >= 15 is 0 Å². The molecule has 2 heteroatoms. The normalized spacial score (nSPS) is 10.7. The molecular formula is C15H18N2. The van der Waals surface area contributed by atoms with E-state index in [9.17, 15) is 5.26 Å². The fourth-order valence-electron chi connectivity index (χ4n) is 1.98. The van der Waals surface area contributed by atoms with E-state index in [1.54, 1.807) is 0 Å². The van der Waals surface area contributed by atoms with Gasteiger partial charge in [-0.3, -0.25) is 0 Å². The van der Waals surface area contributed by atoms with Gasteiger partial charge in [-0.25, -0.2) is 0 Å². The Bertz CT molecular complexity index is 493. The predicted octanol–water partition coefficient (Wildman–Crippen LogP) is 3.48. The maximum atomic E-state index is 9.21. The van der Waals surface area contributed by atoms with Gasteiger partial charge in [0.15, 0.2) is 0 Å². The van der Waals surface area contributed by atoms with Gasteiger partial charge in [-0.1, -0.05) is 33.8 Å². The second-order valence-corrected chi connectivity index (χ2v) is 5.22. The molecule has 0 saturated heterocycles. The summed E-state index contributed by atoms with van der Waals surface area (Å²) in [6, 6.07) is 8.42. The van der Waals surface area contributed by atoms with Crippen LogP contribution in [0.3, 0.4) is 0 Å². The molecule has 0 spiro atoms. The molecule has 0 aliphatic rings. The number of rotatable bonds is 2. The summed E-state index contributed by atoms with van der Waals surface area (Å²) in [5.41, 5.74) is 3.86. The fraction of sp³-hybridized carbons (Fsp3) is 0.467. The molecule has 0 aliphatic carbocycles. The quantitative estimate of drug-likeness (QED) is 0.775. The Kier molecular flexibility index (Phi) is 3.92. The van der Waals surface area contributed by atoms with Crippen molar-refractivity contribution in [1.29, 1.82) is 10.5 Å². The van der Waals surface area contributed by atoms with Gasteiger partial charge in [0.05, 0.1) is 24.1 Å². The molecular weight excluding hydrogens is 208 g/mol. The van der Waals surface area contributed by atoms with E-state index in [0.717, 1.165) is 28.7 Å². The van der Waals surface area contributed by atoms with Crippen LogP contribution >= 0.6 is 0 Å². The van der Waals surface area contributed by atoms with Gasteiger partial charge < -0.3 is 0 Å². The number of nitrogens with zero attached hydrogens (tertiary/aromatic N) is 2. The first-order valence-electron chi connectivity index (χ1n) is 5.87. The smallest absolute Gasteiger partial charge is 0.0994 e. The van der Waals surface area contributed by atoms with Crippen LogP contribution in [0.5, 0.6) is 0 Å². The minimum atomic E-state index is -0.0679. The minimum absolute atomic E-state index is 0.0679. The van der Waals surface area contributed by atoms with Crippen molar-refractivity contribution in [3.63, 3.8) is 0 Å². The Hall–Kier alpha value is -1.80. The first-order chi connectivity index (χ1) is 7.93. The van der Waals surface area contributed by atoms with Crippen molar-refractivity contribution in [3.05, 3.63) is 34.4 Å². The molecule has 2 nitrogen and oxygen atoms in total. The van der Waals surface area contributed by atoms with E-state index in [1.165, 1.54) is 0 Å². The third-order valence-electron chi connectivity index (χ3n) is 2.92. The molecule has 88 valence electrons. The summed E-state index contributed by atoms with van der Waals surface area (Å²) < 4.78 is 0. The Morgan fingerprint density at radius 2 is 1.76 bits per heavy atom. The lowest BCUT2D eigenvalue weighted by molar-refractivity contribution is 0.587. The van der Waals surface area contributed by atoms with E-state index in [0.29, 0.717) is 6.42 Å². The summed E-state index contributed by atoms with van der Waals surface area (Å²) in [6.07, 6.45) is 1.27. The van der Waals surface area contributed by atoms with Gasteiger partial charge in [-0.2, -0.15) is 10.5 Å². The van der Waals surface area contributed by atoms with Crippen LogP contribution in [0.25, 0.3) is 0 Å². The van der Waals surface area contributed by atoms with Crippen LogP contribution < -0.4 is 0 Å². The van der Waals surface area contributed by atoms with Crippen LogP contribution in [0.2, 0.25) is 0 Å². The van der Waals surface area contributed by atoms with Gasteiger partial charge in [-0.15, -0.1) is 0 Å². The third-order valence-corrected chi connectivity index (χ3v) is 2.92. The molecule has 0 N–H and O–H groups in total. The van der Waals surface area contributed by atoms with E-state index in [4.69, 9.17) is 5.26 Å². The van der Waals surface area contributed by atoms with Crippen molar-refractivity contribution in [2.45, 2.75) is 46.0 Å². The molecule has 0 radical (unpaired) electrons. The monoisotopic (exact) mass is 226 g/mol. The number of benzene rings is 1. The lowest BCUT2D eigenvalue weighted by Crippen LogP contribution is -2.14. The molecule has 0 unspecified atom stereocenters. The first kappa shape index (κ1) is 13.3. The zero-order valence-corrected chi connectivity index (χ0v) is 11.0. The van der Waals surface area contributed by atoms with Gasteiger partial charge >= 0.3 is 0 Å². The van der Waals surface area contributed by atoms with Crippen molar-refractivity contribution in [3.8, 4) is 12.1 Å². The zero-order chi connectivity index (χ0) is 13.1. The summed E-state index contributed by atoms with van der Waals surface area (Å²) in [5.74, 6) is 0. The molecule has 0 saturated carbocycles. The molecule has 0 aliphatic heterocycles. The fourth-order valence-corrected chi connectivity index (χ4v) is 1.98. The van der Waals surface area contributed by atoms with Crippen molar-refractivity contribution in [1.82, 2.24) is 0 Å². The van der Waals surface area contributed by atoms with Crippen molar-refractivity contribution in [2.75, 3.05) is 0 Å². The molecule has 1 aromatic carbocycles. The van der Waals surface area contributed by atoms with Gasteiger partial charge in [0.1, 0.15) is 0 Å². The number of aryl methyl sites for hydroxylation is 1. The van der Waals surface area contributed by atoms with E-state index in [2.05, 4.69) is 32.9 Å². The minimum Gasteiger partial charge on any atom is -0.198 e. The van der Waals surface area contributed by atoms with E-state index in [1.807, 2.05) is 19.1 Å². The highest BCUT2D eigenvalue weighted by Crippen LogP contribution is 2.28. The number of hydrogen-bond donors (Lipinski definition) is 0. The number of hydrogen-bond acceptors (Lipinski definition) is 2. The van der Waals surface area contributed by atoms with Gasteiger partial charge in [0, 0.05) is 0 Å². The molecule has 1 rings (SSSR count). The summed E-state index contributed by atoms with van der Waals surface area (Å²) in [5, 5.41) is 18.1. The van der Waals surface area contributed by atoms with Crippen LogP contribution in [0.1, 0.15) is 49.9 Å². The molecule has 0 bridgehead atoms. The molecule has 1 aromatic rings. The molecule has 0 heterocycles. The van der Waals surface area contributed by atoms with Crippen LogP contribution in [0, 0.1) is 22.7 Å². The molecule has 0 atom stereocenters. The lowest BCUT2D eigenvalue weighted by Gasteiger charge is -2.22. The lowest BCUT2D eigenvalue weighted by atomic mass is 9.81. The Morgan fingerprint density at radius 1 is 1.12 bits per heavy atom. The standard InChI is InChI=1S/C15H18N2/c1-5-11-8-13(10-17)14(15(2,3)4)9-12(11)6-7-16/h8-9H,5-6H2,1-4H3. The zero-order valence-electron chi connectivity index (χ0n) is 11.0. The first-order valence-corrected chi connectivity index (χ1v) is 5.87. The highest BCUT2D eigenvalue weighted by atomic mass is 14.3. The van der Waals surface area contributed by atoms with Crippen molar-refractivity contribution in [2.24, 2.45) is 0 Å². The Labute approximate surface area is 104 Å². The van der Waals surface area contributed by atoms with Crippen LogP contribution in [-0.4, -0.2) is 0 Å². The van der Waals surface area contributed by atoms with Crippen LogP contribution in [-0.2, 0) is 18.3 Å².